The van der Waals surface area contributed by atoms with Gasteiger partial charge in [-0.05, 0) is 67.7 Å². The van der Waals surface area contributed by atoms with E-state index in [2.05, 4.69) is 96.3 Å². The number of aliphatic imine (C=N–C) groups is 1. The van der Waals surface area contributed by atoms with Crippen molar-refractivity contribution in [3.8, 4) is 0 Å². The van der Waals surface area contributed by atoms with Crippen LogP contribution in [0, 0.1) is 5.92 Å². The summed E-state index contributed by atoms with van der Waals surface area (Å²) in [5, 5.41) is 4.85. The summed E-state index contributed by atoms with van der Waals surface area (Å²) in [5.41, 5.74) is 8.01. The van der Waals surface area contributed by atoms with E-state index in [-0.39, 0.29) is 0 Å². The normalized spacial score (nSPS) is 17.8. The van der Waals surface area contributed by atoms with Crippen molar-refractivity contribution in [3.63, 3.8) is 0 Å². The number of fused-ring (bicyclic) bond motifs is 1. The summed E-state index contributed by atoms with van der Waals surface area (Å²) >= 11 is 0. The molecule has 2 aliphatic rings. The van der Waals surface area contributed by atoms with Gasteiger partial charge in [0.15, 0.2) is 0 Å². The molecule has 0 spiro atoms. The van der Waals surface area contributed by atoms with Crippen molar-refractivity contribution < 1.29 is 0 Å². The summed E-state index contributed by atoms with van der Waals surface area (Å²) in [6, 6.07) is 10.7. The summed E-state index contributed by atoms with van der Waals surface area (Å²) in [6.07, 6.45) is 14.9. The van der Waals surface area contributed by atoms with Crippen molar-refractivity contribution in [2.45, 2.75) is 66.2 Å². The number of H-pyrrole nitrogens is 1. The minimum Gasteiger partial charge on any atom is -0.361 e. The minimum absolute atomic E-state index is 0.413. The van der Waals surface area contributed by atoms with Crippen molar-refractivity contribution in [2.24, 2.45) is 10.9 Å². The Labute approximate surface area is 222 Å². The third-order valence-corrected chi connectivity index (χ3v) is 7.21. The minimum atomic E-state index is 0.413. The molecule has 3 aromatic rings. The maximum absolute atomic E-state index is 5.01. The summed E-state index contributed by atoms with van der Waals surface area (Å²) < 4.78 is 0. The van der Waals surface area contributed by atoms with Crippen LogP contribution in [0.4, 0.5) is 0 Å². The van der Waals surface area contributed by atoms with Gasteiger partial charge in [0.05, 0.1) is 11.4 Å². The predicted octanol–water partition coefficient (Wildman–Crippen LogP) is 7.77. The lowest BCUT2D eigenvalue weighted by Gasteiger charge is -2.35. The molecule has 0 saturated heterocycles. The average molecular weight is 496 g/mol. The van der Waals surface area contributed by atoms with Crippen LogP contribution < -0.4 is 5.32 Å². The Hall–Kier alpha value is -3.60. The molecule has 1 fully saturated rings. The Morgan fingerprint density at radius 1 is 1.24 bits per heavy atom. The van der Waals surface area contributed by atoms with Crippen LogP contribution in [0.1, 0.15) is 76.5 Å². The number of nitrogens with one attached hydrogen (secondary N) is 2. The molecule has 1 aliphatic carbocycles. The van der Waals surface area contributed by atoms with E-state index >= 15 is 0 Å². The van der Waals surface area contributed by atoms with Crippen LogP contribution in [0.3, 0.4) is 0 Å². The zero-order valence-corrected chi connectivity index (χ0v) is 23.0. The van der Waals surface area contributed by atoms with E-state index in [1.54, 1.807) is 0 Å². The number of hydrogen-bond donors (Lipinski definition) is 2. The van der Waals surface area contributed by atoms with Crippen LogP contribution in [0.5, 0.6) is 0 Å². The highest BCUT2D eigenvalue weighted by molar-refractivity contribution is 6.04. The number of aromatic nitrogens is 2. The van der Waals surface area contributed by atoms with Crippen LogP contribution in [0.15, 0.2) is 84.2 Å². The quantitative estimate of drug-likeness (QED) is 0.335. The lowest BCUT2D eigenvalue weighted by molar-refractivity contribution is 0.474. The molecule has 2 N–H and O–H groups in total. The van der Waals surface area contributed by atoms with Gasteiger partial charge in [-0.1, -0.05) is 58.5 Å². The Morgan fingerprint density at radius 2 is 2.03 bits per heavy atom. The first-order valence-electron chi connectivity index (χ1n) is 13.8. The van der Waals surface area contributed by atoms with E-state index in [9.17, 15) is 0 Å². The van der Waals surface area contributed by atoms with Gasteiger partial charge in [-0.25, -0.2) is 0 Å². The number of aromatic amines is 1. The molecular formula is C32H41N5. The van der Waals surface area contributed by atoms with Gasteiger partial charge in [0.25, 0.3) is 0 Å². The molecule has 1 saturated carbocycles. The lowest BCUT2D eigenvalue weighted by Crippen LogP contribution is -2.38. The molecule has 0 amide bonds. The van der Waals surface area contributed by atoms with Crippen LogP contribution in [0.2, 0.25) is 0 Å². The molecule has 3 heterocycles. The number of pyridine rings is 1. The van der Waals surface area contributed by atoms with Gasteiger partial charge in [-0.15, -0.1) is 0 Å². The van der Waals surface area contributed by atoms with Crippen LogP contribution in [-0.2, 0) is 6.42 Å². The van der Waals surface area contributed by atoms with Crippen molar-refractivity contribution >= 4 is 22.4 Å². The molecular weight excluding hydrogens is 454 g/mol. The Kier molecular flexibility index (Phi) is 8.65. The smallest absolute Gasteiger partial charge is 0.149 e. The largest absolute Gasteiger partial charge is 0.361 e. The van der Waals surface area contributed by atoms with E-state index in [4.69, 9.17) is 4.99 Å². The highest BCUT2D eigenvalue weighted by atomic mass is 15.2. The van der Waals surface area contributed by atoms with Crippen molar-refractivity contribution in [2.75, 3.05) is 6.54 Å². The Balaban J connectivity index is 0.00000156. The molecule has 2 aromatic heterocycles. The molecule has 5 nitrogen and oxygen atoms in total. The fourth-order valence-corrected chi connectivity index (χ4v) is 4.80. The number of benzene rings is 1. The van der Waals surface area contributed by atoms with E-state index < -0.39 is 0 Å². The first-order valence-corrected chi connectivity index (χ1v) is 13.8. The van der Waals surface area contributed by atoms with E-state index in [1.807, 2.05) is 26.2 Å². The maximum Gasteiger partial charge on any atom is 0.149 e. The lowest BCUT2D eigenvalue weighted by atomic mass is 10.0. The molecule has 1 aliphatic heterocycles. The molecule has 37 heavy (non-hydrogen) atoms. The highest BCUT2D eigenvalue weighted by Crippen LogP contribution is 2.40. The monoisotopic (exact) mass is 495 g/mol. The topological polar surface area (TPSA) is 56.3 Å². The second kappa shape index (κ2) is 12.1. The zero-order chi connectivity index (χ0) is 26.4. The number of hydrogen-bond acceptors (Lipinski definition) is 3. The molecule has 1 atom stereocenters. The fraction of sp³-hybridized carbons (Fsp3) is 0.375. The zero-order valence-electron chi connectivity index (χ0n) is 23.0. The van der Waals surface area contributed by atoms with Crippen LogP contribution in [0.25, 0.3) is 16.6 Å². The summed E-state index contributed by atoms with van der Waals surface area (Å²) in [6.45, 7) is 15.7. The van der Waals surface area contributed by atoms with E-state index in [0.29, 0.717) is 18.4 Å². The first-order chi connectivity index (χ1) is 18.1. The molecule has 194 valence electrons. The Morgan fingerprint density at radius 3 is 2.76 bits per heavy atom. The molecule has 1 unspecified atom stereocenters. The first kappa shape index (κ1) is 26.5. The average Bonchev–Trinajstić information content (AvgIpc) is 3.72. The number of para-hydroxylation sites is 1. The van der Waals surface area contributed by atoms with Gasteiger partial charge in [0.2, 0.25) is 0 Å². The number of allylic oxidation sites excluding steroid dienone is 2. The second-order valence-corrected chi connectivity index (χ2v) is 9.63. The van der Waals surface area contributed by atoms with Gasteiger partial charge in [-0.2, -0.15) is 0 Å². The second-order valence-electron chi connectivity index (χ2n) is 9.63. The van der Waals surface area contributed by atoms with Crippen LogP contribution >= 0.6 is 0 Å². The third-order valence-electron chi connectivity index (χ3n) is 7.21. The highest BCUT2D eigenvalue weighted by Gasteiger charge is 2.27. The van der Waals surface area contributed by atoms with Crippen molar-refractivity contribution in [1.29, 1.82) is 0 Å². The molecule has 5 rings (SSSR count). The van der Waals surface area contributed by atoms with Gasteiger partial charge in [-0.3, -0.25) is 9.98 Å². The van der Waals surface area contributed by atoms with Gasteiger partial charge in [0.1, 0.15) is 5.84 Å². The van der Waals surface area contributed by atoms with E-state index in [0.717, 1.165) is 35.6 Å². The fourth-order valence-electron chi connectivity index (χ4n) is 4.80. The predicted molar refractivity (Wildman–Crippen MR) is 157 cm³/mol. The van der Waals surface area contributed by atoms with Gasteiger partial charge in [0, 0.05) is 53.5 Å². The molecule has 5 heteroatoms. The molecule has 0 radical (unpaired) electrons. The van der Waals surface area contributed by atoms with Crippen molar-refractivity contribution in [3.05, 3.63) is 95.9 Å². The van der Waals surface area contributed by atoms with Crippen LogP contribution in [-0.4, -0.2) is 27.2 Å². The summed E-state index contributed by atoms with van der Waals surface area (Å²) in [7, 11) is 0. The Bertz CT molecular complexity index is 1320. The summed E-state index contributed by atoms with van der Waals surface area (Å²) in [5.74, 6) is 1.89. The SMILES string of the molecule is C=C1C(=NCCc2c[nH]c3ccccc23)NC(c2cncc(C3CC3)c2)=CN1/C(=C\C)C(C)CC.CC. The van der Waals surface area contributed by atoms with Crippen molar-refractivity contribution in [1.82, 2.24) is 20.2 Å². The van der Waals surface area contributed by atoms with Gasteiger partial charge < -0.3 is 15.2 Å². The standard InChI is InChI=1S/C30H35N5.C2H6/c1-5-20(3)29(6-2)35-19-28(25-15-24(16-31-17-25)22-11-12-22)34-30(21(35)4)32-14-13-23-18-33-27-10-8-7-9-26(23)27;1-2/h6-10,15-20,22,33H,4-5,11-14H2,1-3H3,(H,32,34);1-2H3/b29-6-;. The number of nitrogens with zero attached hydrogens (tertiary/aromatic N) is 3. The number of amidine groups is 1. The van der Waals surface area contributed by atoms with Gasteiger partial charge >= 0.3 is 0 Å². The molecule has 0 bridgehead atoms. The molecule has 1 aromatic carbocycles. The summed E-state index contributed by atoms with van der Waals surface area (Å²) in [4.78, 5) is 15.1. The number of rotatable bonds is 8. The van der Waals surface area contributed by atoms with E-state index in [1.165, 1.54) is 40.6 Å². The third kappa shape index (κ3) is 5.87. The maximum atomic E-state index is 5.01.